The van der Waals surface area contributed by atoms with Gasteiger partial charge in [0.25, 0.3) is 5.69 Å². The number of hydrogen-bond donors (Lipinski definition) is 1. The Morgan fingerprint density at radius 2 is 2.10 bits per heavy atom. The molecule has 5 nitrogen and oxygen atoms in total. The Kier molecular flexibility index (Phi) is 5.00. The first-order valence-electron chi connectivity index (χ1n) is 6.49. The van der Waals surface area contributed by atoms with E-state index in [-0.39, 0.29) is 10.7 Å². The number of hydrogen-bond acceptors (Lipinski definition) is 4. The van der Waals surface area contributed by atoms with Crippen LogP contribution < -0.4 is 10.1 Å². The smallest absolute Gasteiger partial charge is 0.288 e. The van der Waals surface area contributed by atoms with Gasteiger partial charge in [-0.1, -0.05) is 23.7 Å². The van der Waals surface area contributed by atoms with Crippen molar-refractivity contribution in [1.29, 1.82) is 0 Å². The van der Waals surface area contributed by atoms with Gasteiger partial charge in [-0.25, -0.2) is 0 Å². The molecule has 2 aromatic carbocycles. The fraction of sp³-hybridized carbons (Fsp3) is 0.200. The van der Waals surface area contributed by atoms with Crippen LogP contribution in [0.1, 0.15) is 12.5 Å². The molecule has 0 fully saturated rings. The van der Waals surface area contributed by atoms with E-state index in [0.717, 1.165) is 17.0 Å². The predicted molar refractivity (Wildman–Crippen MR) is 83.0 cm³/mol. The van der Waals surface area contributed by atoms with E-state index in [1.165, 1.54) is 12.1 Å². The van der Waals surface area contributed by atoms with Crippen molar-refractivity contribution in [3.63, 3.8) is 0 Å². The van der Waals surface area contributed by atoms with Gasteiger partial charge in [-0.2, -0.15) is 0 Å². The molecule has 0 atom stereocenters. The maximum absolute atomic E-state index is 10.8. The molecule has 0 saturated carbocycles. The summed E-state index contributed by atoms with van der Waals surface area (Å²) in [5.74, 6) is 0.782. The van der Waals surface area contributed by atoms with Crippen molar-refractivity contribution >= 4 is 23.0 Å². The molecule has 0 aliphatic rings. The van der Waals surface area contributed by atoms with Crippen molar-refractivity contribution in [2.75, 3.05) is 11.9 Å². The van der Waals surface area contributed by atoms with Crippen molar-refractivity contribution in [2.24, 2.45) is 0 Å². The molecule has 0 radical (unpaired) electrons. The first-order valence-corrected chi connectivity index (χ1v) is 6.87. The van der Waals surface area contributed by atoms with Crippen LogP contribution in [0.5, 0.6) is 5.75 Å². The summed E-state index contributed by atoms with van der Waals surface area (Å²) in [5.41, 5.74) is 1.59. The number of halogens is 1. The standard InChI is InChI=1S/C15H15ClN2O3/c1-2-21-13-5-3-4-12(9-13)17-10-11-6-7-14(16)15(8-11)18(19)20/h3-9,17H,2,10H2,1H3. The molecule has 2 rings (SSSR count). The normalized spacial score (nSPS) is 10.2. The average Bonchev–Trinajstić information content (AvgIpc) is 2.47. The largest absolute Gasteiger partial charge is 0.494 e. The van der Waals surface area contributed by atoms with Gasteiger partial charge in [0.05, 0.1) is 11.5 Å². The second kappa shape index (κ2) is 6.95. The van der Waals surface area contributed by atoms with E-state index in [9.17, 15) is 10.1 Å². The summed E-state index contributed by atoms with van der Waals surface area (Å²) in [7, 11) is 0. The van der Waals surface area contributed by atoms with Crippen LogP contribution in [0.3, 0.4) is 0 Å². The quantitative estimate of drug-likeness (QED) is 0.640. The summed E-state index contributed by atoms with van der Waals surface area (Å²) < 4.78 is 5.42. The maximum atomic E-state index is 10.8. The van der Waals surface area contributed by atoms with Crippen LogP contribution in [0.25, 0.3) is 0 Å². The molecule has 0 amide bonds. The van der Waals surface area contributed by atoms with Crippen LogP contribution in [-0.2, 0) is 6.54 Å². The molecule has 21 heavy (non-hydrogen) atoms. The molecule has 0 heterocycles. The van der Waals surface area contributed by atoms with E-state index in [2.05, 4.69) is 5.32 Å². The van der Waals surface area contributed by atoms with Crippen molar-refractivity contribution in [2.45, 2.75) is 13.5 Å². The zero-order valence-electron chi connectivity index (χ0n) is 11.5. The minimum atomic E-state index is -0.485. The van der Waals surface area contributed by atoms with Gasteiger partial charge in [-0.3, -0.25) is 10.1 Å². The SMILES string of the molecule is CCOc1cccc(NCc2ccc(Cl)c([N+](=O)[O-])c2)c1. The second-order valence-corrected chi connectivity index (χ2v) is 4.76. The highest BCUT2D eigenvalue weighted by Crippen LogP contribution is 2.25. The zero-order chi connectivity index (χ0) is 15.2. The molecule has 0 aromatic heterocycles. The number of nitro benzene ring substituents is 1. The first-order chi connectivity index (χ1) is 10.1. The predicted octanol–water partition coefficient (Wildman–Crippen LogP) is 4.26. The van der Waals surface area contributed by atoms with Gasteiger partial charge >= 0.3 is 0 Å². The van der Waals surface area contributed by atoms with Crippen molar-refractivity contribution in [3.8, 4) is 5.75 Å². The zero-order valence-corrected chi connectivity index (χ0v) is 12.3. The Labute approximate surface area is 127 Å². The molecule has 110 valence electrons. The summed E-state index contributed by atoms with van der Waals surface area (Å²) in [5, 5.41) is 14.2. The fourth-order valence-electron chi connectivity index (χ4n) is 1.87. The third kappa shape index (κ3) is 4.10. The molecule has 2 aromatic rings. The van der Waals surface area contributed by atoms with E-state index < -0.39 is 4.92 Å². The van der Waals surface area contributed by atoms with E-state index in [1.807, 2.05) is 31.2 Å². The molecule has 0 unspecified atom stereocenters. The lowest BCUT2D eigenvalue weighted by Gasteiger charge is -2.09. The minimum absolute atomic E-state index is 0.0842. The molecule has 6 heteroatoms. The summed E-state index contributed by atoms with van der Waals surface area (Å²) >= 11 is 5.79. The van der Waals surface area contributed by atoms with E-state index >= 15 is 0 Å². The van der Waals surface area contributed by atoms with Crippen molar-refractivity contribution in [1.82, 2.24) is 0 Å². The van der Waals surface area contributed by atoms with Crippen LogP contribution in [0.15, 0.2) is 42.5 Å². The van der Waals surface area contributed by atoms with Gasteiger partial charge in [-0.15, -0.1) is 0 Å². The highest BCUT2D eigenvalue weighted by molar-refractivity contribution is 6.32. The summed E-state index contributed by atoms with van der Waals surface area (Å²) in [4.78, 5) is 10.4. The molecule has 0 bridgehead atoms. The topological polar surface area (TPSA) is 64.4 Å². The summed E-state index contributed by atoms with van der Waals surface area (Å²) in [6.07, 6.45) is 0. The number of anilines is 1. The lowest BCUT2D eigenvalue weighted by Crippen LogP contribution is -2.01. The Hall–Kier alpha value is -2.27. The van der Waals surface area contributed by atoms with Gasteiger partial charge in [0.1, 0.15) is 10.8 Å². The molecule has 0 aliphatic carbocycles. The second-order valence-electron chi connectivity index (χ2n) is 4.36. The Bertz CT molecular complexity index is 647. The Balaban J connectivity index is 2.07. The summed E-state index contributed by atoms with van der Waals surface area (Å²) in [6, 6.07) is 12.3. The Morgan fingerprint density at radius 1 is 1.29 bits per heavy atom. The number of nitro groups is 1. The van der Waals surface area contributed by atoms with Crippen LogP contribution in [0.2, 0.25) is 5.02 Å². The molecule has 0 spiro atoms. The highest BCUT2D eigenvalue weighted by Gasteiger charge is 2.12. The molecule has 0 saturated heterocycles. The van der Waals surface area contributed by atoms with Gasteiger partial charge in [0, 0.05) is 24.4 Å². The Morgan fingerprint density at radius 3 is 2.81 bits per heavy atom. The van der Waals surface area contributed by atoms with Crippen LogP contribution >= 0.6 is 11.6 Å². The van der Waals surface area contributed by atoms with E-state index in [0.29, 0.717) is 13.2 Å². The molecule has 0 aliphatic heterocycles. The van der Waals surface area contributed by atoms with Crippen LogP contribution in [-0.4, -0.2) is 11.5 Å². The number of nitrogens with zero attached hydrogens (tertiary/aromatic N) is 1. The van der Waals surface area contributed by atoms with E-state index in [4.69, 9.17) is 16.3 Å². The maximum Gasteiger partial charge on any atom is 0.288 e. The third-order valence-electron chi connectivity index (χ3n) is 2.85. The van der Waals surface area contributed by atoms with Crippen LogP contribution in [0.4, 0.5) is 11.4 Å². The van der Waals surface area contributed by atoms with Gasteiger partial charge in [0.15, 0.2) is 0 Å². The summed E-state index contributed by atoms with van der Waals surface area (Å²) in [6.45, 7) is 2.99. The first kappa shape index (κ1) is 15.1. The number of rotatable bonds is 6. The van der Waals surface area contributed by atoms with Crippen molar-refractivity contribution < 1.29 is 9.66 Å². The third-order valence-corrected chi connectivity index (χ3v) is 3.17. The number of nitrogens with one attached hydrogen (secondary N) is 1. The minimum Gasteiger partial charge on any atom is -0.494 e. The van der Waals surface area contributed by atoms with Gasteiger partial charge in [-0.05, 0) is 30.7 Å². The molecular weight excluding hydrogens is 292 g/mol. The monoisotopic (exact) mass is 306 g/mol. The van der Waals surface area contributed by atoms with Crippen molar-refractivity contribution in [3.05, 3.63) is 63.2 Å². The molecular formula is C15H15ClN2O3. The van der Waals surface area contributed by atoms with Gasteiger partial charge in [0.2, 0.25) is 0 Å². The lowest BCUT2D eigenvalue weighted by molar-refractivity contribution is -0.384. The van der Waals surface area contributed by atoms with Crippen LogP contribution in [0, 0.1) is 10.1 Å². The number of benzene rings is 2. The van der Waals surface area contributed by atoms with Gasteiger partial charge < -0.3 is 10.1 Å². The highest BCUT2D eigenvalue weighted by atomic mass is 35.5. The fourth-order valence-corrected chi connectivity index (χ4v) is 2.06. The lowest BCUT2D eigenvalue weighted by atomic mass is 10.2. The molecule has 1 N–H and O–H groups in total. The average molecular weight is 307 g/mol. The number of ether oxygens (including phenoxy) is 1. The van der Waals surface area contributed by atoms with E-state index in [1.54, 1.807) is 6.07 Å².